The Morgan fingerprint density at radius 3 is 2.40 bits per heavy atom. The highest BCUT2D eigenvalue weighted by atomic mass is 32.2. The molecule has 1 saturated heterocycles. The molecule has 0 aliphatic carbocycles. The second-order valence-corrected chi connectivity index (χ2v) is 8.67. The van der Waals surface area contributed by atoms with Crippen LogP contribution < -0.4 is 19.1 Å². The summed E-state index contributed by atoms with van der Waals surface area (Å²) in [7, 11) is -2.49. The zero-order valence-corrected chi connectivity index (χ0v) is 17.9. The van der Waals surface area contributed by atoms with Gasteiger partial charge in [-0.25, -0.2) is 18.0 Å². The van der Waals surface area contributed by atoms with Gasteiger partial charge < -0.3 is 9.47 Å². The summed E-state index contributed by atoms with van der Waals surface area (Å²) in [6.07, 6.45) is 0.180. The van der Waals surface area contributed by atoms with Gasteiger partial charge in [0.15, 0.2) is 0 Å². The highest BCUT2D eigenvalue weighted by Gasteiger charge is 2.33. The Balaban J connectivity index is 1.72. The van der Waals surface area contributed by atoms with Crippen LogP contribution in [0.3, 0.4) is 0 Å². The first-order valence-corrected chi connectivity index (χ1v) is 11.0. The van der Waals surface area contributed by atoms with Crippen molar-refractivity contribution in [2.24, 2.45) is 0 Å². The lowest BCUT2D eigenvalue weighted by atomic mass is 10.1. The number of sulfonamides is 1. The first kappa shape index (κ1) is 21.8. The van der Waals surface area contributed by atoms with E-state index < -0.39 is 10.0 Å². The number of benzene rings is 2. The molecule has 1 N–H and O–H groups in total. The lowest BCUT2D eigenvalue weighted by Crippen LogP contribution is -2.31. The van der Waals surface area contributed by atoms with Crippen LogP contribution in [0.4, 0.5) is 5.69 Å². The maximum atomic E-state index is 12.7. The van der Waals surface area contributed by atoms with Crippen molar-refractivity contribution in [1.82, 2.24) is 4.72 Å². The molecule has 0 spiro atoms. The van der Waals surface area contributed by atoms with Crippen molar-refractivity contribution in [3.63, 3.8) is 0 Å². The number of nitrogens with zero attached hydrogens (tertiary/aromatic N) is 1. The van der Waals surface area contributed by atoms with Crippen molar-refractivity contribution >= 4 is 27.5 Å². The minimum absolute atomic E-state index is 0.0542. The number of nitrogens with one attached hydrogen (secondary N) is 1. The molecule has 1 aliphatic heterocycles. The zero-order chi connectivity index (χ0) is 21.9. The molecule has 30 heavy (non-hydrogen) atoms. The van der Waals surface area contributed by atoms with Crippen LogP contribution >= 0.6 is 0 Å². The van der Waals surface area contributed by atoms with Gasteiger partial charge in [-0.05, 0) is 49.2 Å². The van der Waals surface area contributed by atoms with E-state index in [9.17, 15) is 18.0 Å². The number of hydrogen-bond donors (Lipinski definition) is 1. The van der Waals surface area contributed by atoms with Gasteiger partial charge in [0.05, 0.1) is 17.7 Å². The summed E-state index contributed by atoms with van der Waals surface area (Å²) < 4.78 is 38.8. The normalized spacial score (nSPS) is 14.3. The van der Waals surface area contributed by atoms with Crippen LogP contribution in [-0.2, 0) is 19.6 Å². The molecule has 0 saturated carbocycles. The Labute approximate surface area is 175 Å². The zero-order valence-electron chi connectivity index (χ0n) is 17.1. The van der Waals surface area contributed by atoms with E-state index in [0.29, 0.717) is 5.75 Å². The van der Waals surface area contributed by atoms with Gasteiger partial charge in [0.25, 0.3) is 0 Å². The van der Waals surface area contributed by atoms with Gasteiger partial charge in [0.2, 0.25) is 21.8 Å². The molecule has 1 aliphatic rings. The van der Waals surface area contributed by atoms with E-state index in [1.807, 2.05) is 32.0 Å². The van der Waals surface area contributed by atoms with E-state index in [-0.39, 0.29) is 54.1 Å². The van der Waals surface area contributed by atoms with E-state index in [1.165, 1.54) is 25.3 Å². The molecule has 0 bridgehead atoms. The Hall–Kier alpha value is -2.91. The van der Waals surface area contributed by atoms with E-state index in [0.717, 1.165) is 16.0 Å². The van der Waals surface area contributed by atoms with Crippen LogP contribution in [0.25, 0.3) is 0 Å². The largest absolute Gasteiger partial charge is 0.495 e. The van der Waals surface area contributed by atoms with Gasteiger partial charge in [0.1, 0.15) is 18.1 Å². The monoisotopic (exact) mass is 432 g/mol. The Kier molecular flexibility index (Phi) is 6.42. The van der Waals surface area contributed by atoms with Gasteiger partial charge in [-0.1, -0.05) is 12.1 Å². The SMILES string of the molecule is COc1ccc(S(=O)(=O)NCCOc2cccc(C)c2C)cc1N1C(=O)CCC1=O. The summed E-state index contributed by atoms with van der Waals surface area (Å²) >= 11 is 0. The summed E-state index contributed by atoms with van der Waals surface area (Å²) in [4.78, 5) is 25.1. The Morgan fingerprint density at radius 2 is 1.73 bits per heavy atom. The number of carbonyl (C=O) groups is 2. The minimum atomic E-state index is -3.88. The molecule has 160 valence electrons. The summed E-state index contributed by atoms with van der Waals surface area (Å²) in [5.74, 6) is 0.174. The molecular formula is C21H24N2O6S. The molecule has 2 aromatic rings. The smallest absolute Gasteiger partial charge is 0.240 e. The number of carbonyl (C=O) groups excluding carboxylic acids is 2. The number of imide groups is 1. The topological polar surface area (TPSA) is 102 Å². The Morgan fingerprint density at radius 1 is 1.03 bits per heavy atom. The molecule has 0 aromatic heterocycles. The highest BCUT2D eigenvalue weighted by molar-refractivity contribution is 7.89. The number of amides is 2. The summed E-state index contributed by atoms with van der Waals surface area (Å²) in [6, 6.07) is 9.74. The molecule has 2 amide bonds. The number of methoxy groups -OCH3 is 1. The average molecular weight is 432 g/mol. The molecule has 3 rings (SSSR count). The fourth-order valence-electron chi connectivity index (χ4n) is 3.16. The third-order valence-corrected chi connectivity index (χ3v) is 6.42. The molecule has 0 radical (unpaired) electrons. The van der Waals surface area contributed by atoms with Crippen molar-refractivity contribution in [1.29, 1.82) is 0 Å². The summed E-state index contributed by atoms with van der Waals surface area (Å²) in [5, 5.41) is 0. The van der Waals surface area contributed by atoms with E-state index in [4.69, 9.17) is 9.47 Å². The van der Waals surface area contributed by atoms with Crippen molar-refractivity contribution in [3.8, 4) is 11.5 Å². The summed E-state index contributed by atoms with van der Waals surface area (Å²) in [5.41, 5.74) is 2.21. The third kappa shape index (κ3) is 4.47. The average Bonchev–Trinajstić information content (AvgIpc) is 3.05. The van der Waals surface area contributed by atoms with Crippen LogP contribution in [0.15, 0.2) is 41.3 Å². The molecule has 1 heterocycles. The lowest BCUT2D eigenvalue weighted by molar-refractivity contribution is -0.121. The van der Waals surface area contributed by atoms with E-state index in [2.05, 4.69) is 4.72 Å². The number of aryl methyl sites for hydroxylation is 1. The fraction of sp³-hybridized carbons (Fsp3) is 0.333. The van der Waals surface area contributed by atoms with Gasteiger partial charge in [-0.3, -0.25) is 9.59 Å². The van der Waals surface area contributed by atoms with Crippen LogP contribution in [0.2, 0.25) is 0 Å². The molecule has 0 unspecified atom stereocenters. The van der Waals surface area contributed by atoms with Crippen LogP contribution in [-0.4, -0.2) is 40.5 Å². The van der Waals surface area contributed by atoms with E-state index >= 15 is 0 Å². The van der Waals surface area contributed by atoms with Crippen molar-refractivity contribution < 1.29 is 27.5 Å². The summed E-state index contributed by atoms with van der Waals surface area (Å²) in [6.45, 7) is 4.12. The standard InChI is InChI=1S/C21H24N2O6S/c1-14-5-4-6-18(15(14)2)29-12-11-22-30(26,27)16-7-8-19(28-3)17(13-16)23-20(24)9-10-21(23)25/h4-8,13,22H,9-12H2,1-3H3. The van der Waals surface area contributed by atoms with Gasteiger partial charge in [-0.2, -0.15) is 0 Å². The maximum Gasteiger partial charge on any atom is 0.240 e. The van der Waals surface area contributed by atoms with Gasteiger partial charge >= 0.3 is 0 Å². The highest BCUT2D eigenvalue weighted by Crippen LogP contribution is 2.34. The molecule has 8 nitrogen and oxygen atoms in total. The van der Waals surface area contributed by atoms with Crippen LogP contribution in [0.1, 0.15) is 24.0 Å². The van der Waals surface area contributed by atoms with Crippen LogP contribution in [0.5, 0.6) is 11.5 Å². The third-order valence-electron chi connectivity index (χ3n) is 4.96. The van der Waals surface area contributed by atoms with Gasteiger partial charge in [0, 0.05) is 19.4 Å². The van der Waals surface area contributed by atoms with Crippen LogP contribution in [0, 0.1) is 13.8 Å². The molecule has 0 atom stereocenters. The molecular weight excluding hydrogens is 408 g/mol. The lowest BCUT2D eigenvalue weighted by Gasteiger charge is -2.18. The first-order valence-electron chi connectivity index (χ1n) is 9.47. The van der Waals surface area contributed by atoms with Gasteiger partial charge in [-0.15, -0.1) is 0 Å². The predicted octanol–water partition coefficient (Wildman–Crippen LogP) is 2.32. The van der Waals surface area contributed by atoms with Crippen molar-refractivity contribution in [3.05, 3.63) is 47.5 Å². The first-order chi connectivity index (χ1) is 14.2. The fourth-order valence-corrected chi connectivity index (χ4v) is 4.19. The number of rotatable bonds is 8. The van der Waals surface area contributed by atoms with Crippen molar-refractivity contribution in [2.45, 2.75) is 31.6 Å². The molecule has 9 heteroatoms. The number of hydrogen-bond acceptors (Lipinski definition) is 6. The predicted molar refractivity (Wildman–Crippen MR) is 111 cm³/mol. The minimum Gasteiger partial charge on any atom is -0.495 e. The maximum absolute atomic E-state index is 12.7. The second kappa shape index (κ2) is 8.85. The second-order valence-electron chi connectivity index (χ2n) is 6.90. The number of anilines is 1. The Bertz CT molecular complexity index is 1060. The number of ether oxygens (including phenoxy) is 2. The molecule has 2 aromatic carbocycles. The quantitative estimate of drug-likeness (QED) is 0.507. The van der Waals surface area contributed by atoms with Crippen molar-refractivity contribution in [2.75, 3.05) is 25.2 Å². The molecule has 1 fully saturated rings. The van der Waals surface area contributed by atoms with E-state index in [1.54, 1.807) is 0 Å².